The molecule has 0 radical (unpaired) electrons. The van der Waals surface area contributed by atoms with Crippen molar-refractivity contribution in [1.82, 2.24) is 0 Å². The molecule has 0 aromatic carbocycles. The van der Waals surface area contributed by atoms with Crippen molar-refractivity contribution in [2.45, 2.75) is 25.7 Å². The van der Waals surface area contributed by atoms with Gasteiger partial charge in [0, 0.05) is 13.2 Å². The van der Waals surface area contributed by atoms with Crippen LogP contribution in [0, 0.1) is 35.5 Å². The minimum Gasteiger partial charge on any atom is -0.381 e. The van der Waals surface area contributed by atoms with E-state index in [1.54, 1.807) is 0 Å². The Labute approximate surface area is 104 Å². The molecular formula is C16H22O. The predicted octanol–water partition coefficient (Wildman–Crippen LogP) is 3.43. The summed E-state index contributed by atoms with van der Waals surface area (Å²) < 4.78 is 6.04. The molecule has 2 fully saturated rings. The van der Waals surface area contributed by atoms with Crippen LogP contribution in [-0.4, -0.2) is 13.2 Å². The highest BCUT2D eigenvalue weighted by molar-refractivity contribution is 5.11. The maximum absolute atomic E-state index is 6.04. The van der Waals surface area contributed by atoms with E-state index in [-0.39, 0.29) is 0 Å². The summed E-state index contributed by atoms with van der Waals surface area (Å²) in [5.74, 6) is 5.14. The minimum atomic E-state index is 0.833. The summed E-state index contributed by atoms with van der Waals surface area (Å²) in [4.78, 5) is 0. The first-order valence-electron chi connectivity index (χ1n) is 7.33. The lowest BCUT2D eigenvalue weighted by molar-refractivity contribution is 0.0579. The Hall–Kier alpha value is -0.560. The first-order chi connectivity index (χ1) is 8.38. The highest BCUT2D eigenvalue weighted by Gasteiger charge is 2.37. The number of hydrogen-bond acceptors (Lipinski definition) is 1. The van der Waals surface area contributed by atoms with Crippen molar-refractivity contribution in [1.29, 1.82) is 0 Å². The van der Waals surface area contributed by atoms with E-state index in [2.05, 4.69) is 24.3 Å². The molecule has 0 heterocycles. The topological polar surface area (TPSA) is 9.23 Å². The molecule has 0 amide bonds. The Bertz CT molecular complexity index is 323. The van der Waals surface area contributed by atoms with E-state index < -0.39 is 0 Å². The normalized spacial score (nSPS) is 49.6. The fourth-order valence-corrected chi connectivity index (χ4v) is 4.54. The van der Waals surface area contributed by atoms with Crippen molar-refractivity contribution < 1.29 is 4.74 Å². The Morgan fingerprint density at radius 3 is 1.59 bits per heavy atom. The van der Waals surface area contributed by atoms with E-state index in [1.165, 1.54) is 25.7 Å². The molecule has 6 atom stereocenters. The predicted molar refractivity (Wildman–Crippen MR) is 68.5 cm³/mol. The highest BCUT2D eigenvalue weighted by Crippen LogP contribution is 2.45. The number of rotatable bonds is 4. The molecule has 4 bridgehead atoms. The van der Waals surface area contributed by atoms with Gasteiger partial charge in [-0.05, 0) is 61.2 Å². The second kappa shape index (κ2) is 3.98. The van der Waals surface area contributed by atoms with Crippen LogP contribution in [0.25, 0.3) is 0 Å². The van der Waals surface area contributed by atoms with Gasteiger partial charge in [-0.25, -0.2) is 0 Å². The van der Waals surface area contributed by atoms with Crippen LogP contribution in [0.4, 0.5) is 0 Å². The standard InChI is InChI=1S/C16H22O/c1-3-13-5-11(1)7-15(13)9-17-10-16-8-12-2-4-14(16)6-12/h1-4,11-16H,5-10H2. The maximum Gasteiger partial charge on any atom is 0.0500 e. The highest BCUT2D eigenvalue weighted by atomic mass is 16.5. The van der Waals surface area contributed by atoms with Crippen LogP contribution in [0.3, 0.4) is 0 Å². The van der Waals surface area contributed by atoms with Gasteiger partial charge in [0.25, 0.3) is 0 Å². The molecule has 1 nitrogen and oxygen atoms in total. The summed E-state index contributed by atoms with van der Waals surface area (Å²) in [7, 11) is 0. The lowest BCUT2D eigenvalue weighted by Gasteiger charge is -2.22. The zero-order valence-corrected chi connectivity index (χ0v) is 10.4. The lowest BCUT2D eigenvalue weighted by atomic mass is 9.93. The Balaban J connectivity index is 1.24. The molecule has 4 aliphatic carbocycles. The molecule has 6 unspecified atom stereocenters. The summed E-state index contributed by atoms with van der Waals surface area (Å²) in [5, 5.41) is 0. The Morgan fingerprint density at radius 1 is 0.706 bits per heavy atom. The third kappa shape index (κ3) is 1.79. The zero-order chi connectivity index (χ0) is 11.2. The molecule has 4 aliphatic rings. The van der Waals surface area contributed by atoms with Crippen LogP contribution in [0.2, 0.25) is 0 Å². The van der Waals surface area contributed by atoms with Crippen LogP contribution in [0.5, 0.6) is 0 Å². The smallest absolute Gasteiger partial charge is 0.0500 e. The van der Waals surface area contributed by atoms with E-state index in [1.807, 2.05) is 0 Å². The second-order valence-electron chi connectivity index (χ2n) is 6.62. The van der Waals surface area contributed by atoms with Crippen LogP contribution in [0.15, 0.2) is 24.3 Å². The number of ether oxygens (including phenoxy) is 1. The first-order valence-corrected chi connectivity index (χ1v) is 7.33. The quantitative estimate of drug-likeness (QED) is 0.672. The van der Waals surface area contributed by atoms with Gasteiger partial charge in [-0.3, -0.25) is 0 Å². The summed E-state index contributed by atoms with van der Waals surface area (Å²) in [5.41, 5.74) is 0. The fraction of sp³-hybridized carbons (Fsp3) is 0.750. The Morgan fingerprint density at radius 2 is 1.24 bits per heavy atom. The molecule has 0 aromatic rings. The van der Waals surface area contributed by atoms with Gasteiger partial charge in [-0.1, -0.05) is 24.3 Å². The van der Waals surface area contributed by atoms with Gasteiger partial charge >= 0.3 is 0 Å². The van der Waals surface area contributed by atoms with Crippen molar-refractivity contribution >= 4 is 0 Å². The molecule has 17 heavy (non-hydrogen) atoms. The minimum absolute atomic E-state index is 0.833. The van der Waals surface area contributed by atoms with E-state index in [0.717, 1.165) is 48.7 Å². The van der Waals surface area contributed by atoms with E-state index in [9.17, 15) is 0 Å². The summed E-state index contributed by atoms with van der Waals surface area (Å²) in [6.07, 6.45) is 15.3. The van der Waals surface area contributed by atoms with Gasteiger partial charge in [0.2, 0.25) is 0 Å². The molecule has 0 aliphatic heterocycles. The van der Waals surface area contributed by atoms with Crippen molar-refractivity contribution in [2.75, 3.05) is 13.2 Å². The fourth-order valence-electron chi connectivity index (χ4n) is 4.54. The monoisotopic (exact) mass is 230 g/mol. The van der Waals surface area contributed by atoms with Crippen molar-refractivity contribution in [3.63, 3.8) is 0 Å². The van der Waals surface area contributed by atoms with Crippen molar-refractivity contribution in [3.05, 3.63) is 24.3 Å². The third-order valence-electron chi connectivity index (χ3n) is 5.50. The maximum atomic E-state index is 6.04. The second-order valence-corrected chi connectivity index (χ2v) is 6.62. The van der Waals surface area contributed by atoms with Gasteiger partial charge in [0.15, 0.2) is 0 Å². The average Bonchev–Trinajstić information content (AvgIpc) is 3.09. The van der Waals surface area contributed by atoms with Gasteiger partial charge in [0.05, 0.1) is 0 Å². The summed E-state index contributed by atoms with van der Waals surface area (Å²) in [6, 6.07) is 0. The van der Waals surface area contributed by atoms with Crippen LogP contribution >= 0.6 is 0 Å². The van der Waals surface area contributed by atoms with Gasteiger partial charge < -0.3 is 4.74 Å². The molecular weight excluding hydrogens is 208 g/mol. The van der Waals surface area contributed by atoms with Crippen LogP contribution in [-0.2, 0) is 4.74 Å². The summed E-state index contributed by atoms with van der Waals surface area (Å²) >= 11 is 0. The molecule has 4 rings (SSSR count). The van der Waals surface area contributed by atoms with Crippen molar-refractivity contribution in [2.24, 2.45) is 35.5 Å². The summed E-state index contributed by atoms with van der Waals surface area (Å²) in [6.45, 7) is 2.03. The Kier molecular flexibility index (Phi) is 2.43. The van der Waals surface area contributed by atoms with Crippen LogP contribution in [0.1, 0.15) is 25.7 Å². The van der Waals surface area contributed by atoms with Crippen LogP contribution < -0.4 is 0 Å². The van der Waals surface area contributed by atoms with E-state index >= 15 is 0 Å². The molecule has 0 saturated heterocycles. The molecule has 2 saturated carbocycles. The largest absolute Gasteiger partial charge is 0.381 e. The van der Waals surface area contributed by atoms with Gasteiger partial charge in [-0.15, -0.1) is 0 Å². The third-order valence-corrected chi connectivity index (χ3v) is 5.50. The molecule has 92 valence electrons. The molecule has 0 aromatic heterocycles. The lowest BCUT2D eigenvalue weighted by Crippen LogP contribution is -2.20. The van der Waals surface area contributed by atoms with Crippen molar-refractivity contribution in [3.8, 4) is 0 Å². The molecule has 0 spiro atoms. The van der Waals surface area contributed by atoms with E-state index in [0.29, 0.717) is 0 Å². The first kappa shape index (κ1) is 10.4. The molecule has 1 heteroatoms. The van der Waals surface area contributed by atoms with Gasteiger partial charge in [-0.2, -0.15) is 0 Å². The number of allylic oxidation sites excluding steroid dienone is 4. The number of hydrogen-bond donors (Lipinski definition) is 0. The van der Waals surface area contributed by atoms with E-state index in [4.69, 9.17) is 4.74 Å². The SMILES string of the molecule is C1=CC2CC1CC2COCC1CC2C=CC1C2. The molecule has 0 N–H and O–H groups in total. The van der Waals surface area contributed by atoms with Gasteiger partial charge in [0.1, 0.15) is 0 Å². The average molecular weight is 230 g/mol. The number of fused-ring (bicyclic) bond motifs is 4. The zero-order valence-electron chi connectivity index (χ0n) is 10.4.